The first-order chi connectivity index (χ1) is 14.2. The van der Waals surface area contributed by atoms with Crippen molar-refractivity contribution in [2.75, 3.05) is 11.5 Å². The van der Waals surface area contributed by atoms with Crippen molar-refractivity contribution in [3.63, 3.8) is 0 Å². The molecule has 7 nitrogen and oxygen atoms in total. The second-order valence-electron chi connectivity index (χ2n) is 7.71. The smallest absolute Gasteiger partial charge is 0.233 e. The minimum Gasteiger partial charge on any atom is -0.351 e. The van der Waals surface area contributed by atoms with Crippen molar-refractivity contribution in [2.45, 2.75) is 43.6 Å². The molecule has 3 aromatic rings. The fourth-order valence-electron chi connectivity index (χ4n) is 3.72. The molecule has 9 heteroatoms. The van der Waals surface area contributed by atoms with Gasteiger partial charge in [0.05, 0.1) is 33.7 Å². The molecule has 1 saturated heterocycles. The number of aryl methyl sites for hydroxylation is 2. The average Bonchev–Trinajstić information content (AvgIpc) is 3.22. The molecule has 30 heavy (non-hydrogen) atoms. The lowest BCUT2D eigenvalue weighted by Gasteiger charge is -2.15. The molecule has 0 aliphatic carbocycles. The van der Waals surface area contributed by atoms with Crippen LogP contribution in [0.5, 0.6) is 0 Å². The van der Waals surface area contributed by atoms with E-state index in [1.54, 1.807) is 6.92 Å². The van der Waals surface area contributed by atoms with E-state index < -0.39 is 15.1 Å². The molecule has 0 spiro atoms. The van der Waals surface area contributed by atoms with Crippen LogP contribution in [0.2, 0.25) is 0 Å². The number of imidazole rings is 1. The summed E-state index contributed by atoms with van der Waals surface area (Å²) in [5.74, 6) is -0.0437. The molecule has 1 aromatic carbocycles. The molecule has 1 aliphatic heterocycles. The van der Waals surface area contributed by atoms with E-state index in [0.29, 0.717) is 11.6 Å². The summed E-state index contributed by atoms with van der Waals surface area (Å²) in [6.07, 6.45) is 0.468. The minimum atomic E-state index is -3.04. The quantitative estimate of drug-likeness (QED) is 0.608. The van der Waals surface area contributed by atoms with Gasteiger partial charge >= 0.3 is 0 Å². The SMILES string of the molecule is Cc1cc(C)c2c(-c3ccccc3)nc(S[C@H](C)C(=O)N[C@@H]3CCS(=O)(=O)C3)n2n1. The van der Waals surface area contributed by atoms with Crippen LogP contribution in [-0.4, -0.2) is 51.7 Å². The van der Waals surface area contributed by atoms with Crippen molar-refractivity contribution in [3.05, 3.63) is 47.7 Å². The van der Waals surface area contributed by atoms with Gasteiger partial charge in [-0.25, -0.2) is 17.9 Å². The van der Waals surface area contributed by atoms with Crippen LogP contribution in [0.25, 0.3) is 16.8 Å². The van der Waals surface area contributed by atoms with Crippen LogP contribution in [0.15, 0.2) is 41.6 Å². The highest BCUT2D eigenvalue weighted by atomic mass is 32.2. The number of carbonyl (C=O) groups is 1. The summed E-state index contributed by atoms with van der Waals surface area (Å²) in [5.41, 5.74) is 4.67. The summed E-state index contributed by atoms with van der Waals surface area (Å²) in [7, 11) is -3.04. The number of nitrogens with one attached hydrogen (secondary N) is 1. The van der Waals surface area contributed by atoms with Gasteiger partial charge < -0.3 is 5.32 Å². The van der Waals surface area contributed by atoms with Gasteiger partial charge in [-0.2, -0.15) is 5.10 Å². The lowest BCUT2D eigenvalue weighted by Crippen LogP contribution is -2.40. The first-order valence-electron chi connectivity index (χ1n) is 9.83. The van der Waals surface area contributed by atoms with Crippen LogP contribution < -0.4 is 5.32 Å². The summed E-state index contributed by atoms with van der Waals surface area (Å²) in [6, 6.07) is 11.6. The number of nitrogens with zero attached hydrogens (tertiary/aromatic N) is 3. The van der Waals surface area contributed by atoms with Gasteiger partial charge in [-0.1, -0.05) is 42.1 Å². The van der Waals surface area contributed by atoms with Crippen LogP contribution >= 0.6 is 11.8 Å². The van der Waals surface area contributed by atoms with E-state index in [1.165, 1.54) is 11.8 Å². The van der Waals surface area contributed by atoms with Crippen molar-refractivity contribution < 1.29 is 13.2 Å². The lowest BCUT2D eigenvalue weighted by atomic mass is 10.1. The molecule has 1 aliphatic rings. The second kappa shape index (κ2) is 8.03. The largest absolute Gasteiger partial charge is 0.351 e. The van der Waals surface area contributed by atoms with Gasteiger partial charge in [-0.05, 0) is 38.8 Å². The fourth-order valence-corrected chi connectivity index (χ4v) is 6.26. The highest BCUT2D eigenvalue weighted by molar-refractivity contribution is 8.00. The maximum absolute atomic E-state index is 12.7. The molecule has 1 N–H and O–H groups in total. The first kappa shape index (κ1) is 20.9. The number of benzene rings is 1. The van der Waals surface area contributed by atoms with Gasteiger partial charge in [0.1, 0.15) is 0 Å². The maximum Gasteiger partial charge on any atom is 0.233 e. The van der Waals surface area contributed by atoms with E-state index in [-0.39, 0.29) is 23.5 Å². The second-order valence-corrected chi connectivity index (χ2v) is 11.2. The Morgan fingerprint density at radius 3 is 2.67 bits per heavy atom. The zero-order valence-electron chi connectivity index (χ0n) is 17.1. The molecule has 2 atom stereocenters. The lowest BCUT2D eigenvalue weighted by molar-refractivity contribution is -0.120. The Kier molecular flexibility index (Phi) is 5.59. The molecule has 158 valence electrons. The van der Waals surface area contributed by atoms with E-state index in [2.05, 4.69) is 10.4 Å². The topological polar surface area (TPSA) is 93.4 Å². The van der Waals surface area contributed by atoms with E-state index in [4.69, 9.17) is 4.98 Å². The van der Waals surface area contributed by atoms with Crippen molar-refractivity contribution in [2.24, 2.45) is 0 Å². The molecule has 1 fully saturated rings. The molecule has 1 amide bonds. The monoisotopic (exact) mass is 444 g/mol. The van der Waals surface area contributed by atoms with Crippen molar-refractivity contribution in [3.8, 4) is 11.3 Å². The van der Waals surface area contributed by atoms with Crippen molar-refractivity contribution in [1.82, 2.24) is 19.9 Å². The molecular weight excluding hydrogens is 420 g/mol. The van der Waals surface area contributed by atoms with Crippen molar-refractivity contribution in [1.29, 1.82) is 0 Å². The number of thioether (sulfide) groups is 1. The van der Waals surface area contributed by atoms with Gasteiger partial charge in [0.15, 0.2) is 15.0 Å². The third-order valence-electron chi connectivity index (χ3n) is 5.16. The number of carbonyl (C=O) groups excluding carboxylic acids is 1. The standard InChI is InChI=1S/C21H24N4O3S2/c1-13-11-14(2)24-25-19(13)18(16-7-5-4-6-8-16)23-21(25)29-15(3)20(26)22-17-9-10-30(27,28)12-17/h4-8,11,15,17H,9-10,12H2,1-3H3,(H,22,26)/t15-,17-/m1/s1. The van der Waals surface area contributed by atoms with E-state index in [0.717, 1.165) is 28.0 Å². The third-order valence-corrected chi connectivity index (χ3v) is 7.97. The summed E-state index contributed by atoms with van der Waals surface area (Å²) in [5, 5.41) is 7.70. The number of hydrogen-bond acceptors (Lipinski definition) is 6. The van der Waals surface area contributed by atoms with Crippen molar-refractivity contribution >= 4 is 33.0 Å². The number of aromatic nitrogens is 3. The Morgan fingerprint density at radius 2 is 2.00 bits per heavy atom. The third kappa shape index (κ3) is 4.22. The van der Waals surface area contributed by atoms with Gasteiger partial charge in [-0.15, -0.1) is 0 Å². The Morgan fingerprint density at radius 1 is 1.27 bits per heavy atom. The molecule has 0 unspecified atom stereocenters. The van der Waals surface area contributed by atoms with E-state index in [9.17, 15) is 13.2 Å². The molecular formula is C21H24N4O3S2. The first-order valence-corrected chi connectivity index (χ1v) is 12.5. The highest BCUT2D eigenvalue weighted by Gasteiger charge is 2.30. The summed E-state index contributed by atoms with van der Waals surface area (Å²) >= 11 is 1.33. The fraction of sp³-hybridized carbons (Fsp3) is 0.381. The number of fused-ring (bicyclic) bond motifs is 1. The maximum atomic E-state index is 12.7. The number of rotatable bonds is 5. The Hall–Kier alpha value is -2.39. The normalized spacial score (nSPS) is 19.1. The number of hydrogen-bond donors (Lipinski definition) is 1. The van der Waals surface area contributed by atoms with E-state index >= 15 is 0 Å². The van der Waals surface area contributed by atoms with Crippen LogP contribution in [0.4, 0.5) is 0 Å². The predicted molar refractivity (Wildman–Crippen MR) is 118 cm³/mol. The van der Waals surface area contributed by atoms with Crippen LogP contribution in [-0.2, 0) is 14.6 Å². The van der Waals surface area contributed by atoms with Crippen LogP contribution in [0.3, 0.4) is 0 Å². The molecule has 3 heterocycles. The summed E-state index contributed by atoms with van der Waals surface area (Å²) in [6.45, 7) is 5.76. The van der Waals surface area contributed by atoms with Gasteiger partial charge in [0, 0.05) is 11.6 Å². The molecule has 0 saturated carbocycles. The van der Waals surface area contributed by atoms with Crippen LogP contribution in [0, 0.1) is 13.8 Å². The zero-order chi connectivity index (χ0) is 21.5. The van der Waals surface area contributed by atoms with Gasteiger partial charge in [0.2, 0.25) is 5.91 Å². The van der Waals surface area contributed by atoms with Gasteiger partial charge in [0.25, 0.3) is 0 Å². The highest BCUT2D eigenvalue weighted by Crippen LogP contribution is 2.32. The molecule has 0 radical (unpaired) electrons. The average molecular weight is 445 g/mol. The van der Waals surface area contributed by atoms with Crippen LogP contribution in [0.1, 0.15) is 24.6 Å². The molecule has 4 rings (SSSR count). The minimum absolute atomic E-state index is 0.0144. The zero-order valence-corrected chi connectivity index (χ0v) is 18.8. The van der Waals surface area contributed by atoms with E-state index in [1.807, 2.05) is 54.8 Å². The molecule has 0 bridgehead atoms. The Labute approximate surface area is 180 Å². The Balaban J connectivity index is 1.63. The molecule has 2 aromatic heterocycles. The summed E-state index contributed by atoms with van der Waals surface area (Å²) in [4.78, 5) is 17.5. The van der Waals surface area contributed by atoms with Gasteiger partial charge in [-0.3, -0.25) is 4.79 Å². The Bertz CT molecular complexity index is 1210. The summed E-state index contributed by atoms with van der Waals surface area (Å²) < 4.78 is 25.1. The number of sulfone groups is 1. The number of amides is 1. The predicted octanol–water partition coefficient (Wildman–Crippen LogP) is 2.80.